The highest BCUT2D eigenvalue weighted by atomic mass is 35.5. The van der Waals surface area contributed by atoms with Gasteiger partial charge in [0.05, 0.1) is 18.2 Å². The van der Waals surface area contributed by atoms with Crippen LogP contribution in [0.1, 0.15) is 12.5 Å². The van der Waals surface area contributed by atoms with Gasteiger partial charge in [-0.15, -0.1) is 0 Å². The van der Waals surface area contributed by atoms with E-state index >= 15 is 0 Å². The maximum Gasteiger partial charge on any atom is 0.255 e. The standard InChI is InChI=1S/C15H12Cl2N2O/c1-2-19-14(6-3-10(7-8-18)15(19)20)12-9-11(16)4-5-13(12)17/h3-6,9H,2,7H2,1H3. The zero-order chi connectivity index (χ0) is 14.7. The van der Waals surface area contributed by atoms with Crippen molar-refractivity contribution in [1.29, 1.82) is 5.26 Å². The van der Waals surface area contributed by atoms with Crippen LogP contribution in [0.3, 0.4) is 0 Å². The molecule has 102 valence electrons. The molecule has 0 unspecified atom stereocenters. The van der Waals surface area contributed by atoms with E-state index in [0.717, 1.165) is 0 Å². The van der Waals surface area contributed by atoms with Gasteiger partial charge in [0.2, 0.25) is 0 Å². The second kappa shape index (κ2) is 6.13. The van der Waals surface area contributed by atoms with Crippen molar-refractivity contribution in [1.82, 2.24) is 4.57 Å². The lowest BCUT2D eigenvalue weighted by Crippen LogP contribution is -2.24. The van der Waals surface area contributed by atoms with Gasteiger partial charge in [0.15, 0.2) is 0 Å². The van der Waals surface area contributed by atoms with Gasteiger partial charge in [0, 0.05) is 27.7 Å². The Labute approximate surface area is 127 Å². The minimum Gasteiger partial charge on any atom is -0.308 e. The summed E-state index contributed by atoms with van der Waals surface area (Å²) in [7, 11) is 0. The minimum absolute atomic E-state index is 0.0996. The number of hydrogen-bond acceptors (Lipinski definition) is 2. The molecule has 1 heterocycles. The van der Waals surface area contributed by atoms with Crippen molar-refractivity contribution in [3.63, 3.8) is 0 Å². The van der Waals surface area contributed by atoms with Crippen LogP contribution in [-0.4, -0.2) is 4.57 Å². The first-order valence-corrected chi connectivity index (χ1v) is 6.89. The number of halogens is 2. The van der Waals surface area contributed by atoms with Crippen LogP contribution in [0.25, 0.3) is 11.3 Å². The predicted molar refractivity (Wildman–Crippen MR) is 81.1 cm³/mol. The summed E-state index contributed by atoms with van der Waals surface area (Å²) in [6.07, 6.45) is 0.0996. The zero-order valence-corrected chi connectivity index (χ0v) is 12.4. The van der Waals surface area contributed by atoms with Crippen LogP contribution in [0, 0.1) is 11.3 Å². The van der Waals surface area contributed by atoms with Gasteiger partial charge in [-0.3, -0.25) is 4.79 Å². The van der Waals surface area contributed by atoms with Crippen molar-refractivity contribution in [2.75, 3.05) is 0 Å². The molecular formula is C15H12Cl2N2O. The Morgan fingerprint density at radius 2 is 2.00 bits per heavy atom. The predicted octanol–water partition coefficient (Wildman–Crippen LogP) is 3.91. The lowest BCUT2D eigenvalue weighted by molar-refractivity contribution is 0.727. The van der Waals surface area contributed by atoms with Crippen molar-refractivity contribution >= 4 is 23.2 Å². The van der Waals surface area contributed by atoms with Crippen molar-refractivity contribution in [3.8, 4) is 17.3 Å². The number of aromatic nitrogens is 1. The number of nitrogens with zero attached hydrogens (tertiary/aromatic N) is 2. The maximum atomic E-state index is 12.3. The Balaban J connectivity index is 2.70. The van der Waals surface area contributed by atoms with E-state index in [4.69, 9.17) is 28.5 Å². The molecule has 0 aliphatic carbocycles. The summed E-state index contributed by atoms with van der Waals surface area (Å²) in [5.74, 6) is 0. The fourth-order valence-electron chi connectivity index (χ4n) is 2.09. The second-order valence-corrected chi connectivity index (χ2v) is 5.10. The zero-order valence-electron chi connectivity index (χ0n) is 10.9. The topological polar surface area (TPSA) is 45.8 Å². The summed E-state index contributed by atoms with van der Waals surface area (Å²) in [5, 5.41) is 9.83. The second-order valence-electron chi connectivity index (χ2n) is 4.25. The number of benzene rings is 1. The summed E-state index contributed by atoms with van der Waals surface area (Å²) in [6.45, 7) is 2.37. The minimum atomic E-state index is -0.164. The fraction of sp³-hybridized carbons (Fsp3) is 0.200. The van der Waals surface area contributed by atoms with E-state index < -0.39 is 0 Å². The third-order valence-electron chi connectivity index (χ3n) is 3.04. The van der Waals surface area contributed by atoms with E-state index in [2.05, 4.69) is 0 Å². The summed E-state index contributed by atoms with van der Waals surface area (Å²) >= 11 is 12.2. The van der Waals surface area contributed by atoms with E-state index in [1.165, 1.54) is 0 Å². The van der Waals surface area contributed by atoms with Gasteiger partial charge < -0.3 is 4.57 Å². The van der Waals surface area contributed by atoms with E-state index in [1.807, 2.05) is 13.0 Å². The first-order chi connectivity index (χ1) is 9.58. The molecule has 0 spiro atoms. The first-order valence-electron chi connectivity index (χ1n) is 6.13. The molecule has 3 nitrogen and oxygen atoms in total. The molecular weight excluding hydrogens is 295 g/mol. The molecule has 0 fully saturated rings. The normalized spacial score (nSPS) is 10.3. The van der Waals surface area contributed by atoms with Crippen molar-refractivity contribution < 1.29 is 0 Å². The van der Waals surface area contributed by atoms with Crippen LogP contribution in [0.15, 0.2) is 35.1 Å². The van der Waals surface area contributed by atoms with E-state index in [0.29, 0.717) is 33.4 Å². The Morgan fingerprint density at radius 3 is 2.65 bits per heavy atom. The number of pyridine rings is 1. The molecule has 0 radical (unpaired) electrons. The molecule has 0 N–H and O–H groups in total. The van der Waals surface area contributed by atoms with Crippen molar-refractivity contribution in [2.24, 2.45) is 0 Å². The van der Waals surface area contributed by atoms with Crippen LogP contribution < -0.4 is 5.56 Å². The number of hydrogen-bond donors (Lipinski definition) is 0. The summed E-state index contributed by atoms with van der Waals surface area (Å²) < 4.78 is 1.60. The van der Waals surface area contributed by atoms with E-state index in [1.54, 1.807) is 34.9 Å². The Hall–Kier alpha value is -1.76. The van der Waals surface area contributed by atoms with Gasteiger partial charge >= 0.3 is 0 Å². The molecule has 1 aromatic carbocycles. The molecule has 5 heteroatoms. The molecule has 20 heavy (non-hydrogen) atoms. The van der Waals surface area contributed by atoms with E-state index in [-0.39, 0.29) is 12.0 Å². The maximum absolute atomic E-state index is 12.3. The average molecular weight is 307 g/mol. The third-order valence-corrected chi connectivity index (χ3v) is 3.61. The molecule has 0 saturated carbocycles. The van der Waals surface area contributed by atoms with Crippen LogP contribution in [0.2, 0.25) is 10.0 Å². The van der Waals surface area contributed by atoms with Crippen LogP contribution >= 0.6 is 23.2 Å². The van der Waals surface area contributed by atoms with Gasteiger partial charge in [0.25, 0.3) is 5.56 Å². The van der Waals surface area contributed by atoms with Crippen molar-refractivity contribution in [3.05, 3.63) is 56.3 Å². The smallest absolute Gasteiger partial charge is 0.255 e. The van der Waals surface area contributed by atoms with Crippen LogP contribution in [0.5, 0.6) is 0 Å². The van der Waals surface area contributed by atoms with E-state index in [9.17, 15) is 4.79 Å². The van der Waals surface area contributed by atoms with Crippen LogP contribution in [0.4, 0.5) is 0 Å². The van der Waals surface area contributed by atoms with Gasteiger partial charge in [-0.25, -0.2) is 0 Å². The number of nitriles is 1. The fourth-order valence-corrected chi connectivity index (χ4v) is 2.47. The lowest BCUT2D eigenvalue weighted by Gasteiger charge is -2.13. The van der Waals surface area contributed by atoms with Crippen LogP contribution in [-0.2, 0) is 13.0 Å². The van der Waals surface area contributed by atoms with Gasteiger partial charge in [0.1, 0.15) is 0 Å². The molecule has 2 aromatic rings. The molecule has 0 amide bonds. The quantitative estimate of drug-likeness (QED) is 0.863. The summed E-state index contributed by atoms with van der Waals surface area (Å²) in [4.78, 5) is 12.3. The number of rotatable bonds is 3. The Kier molecular flexibility index (Phi) is 4.49. The Morgan fingerprint density at radius 1 is 1.25 bits per heavy atom. The molecule has 0 aliphatic rings. The monoisotopic (exact) mass is 306 g/mol. The van der Waals surface area contributed by atoms with Gasteiger partial charge in [-0.2, -0.15) is 5.26 Å². The SMILES string of the molecule is CCn1c(-c2cc(Cl)ccc2Cl)ccc(CC#N)c1=O. The molecule has 2 rings (SSSR count). The highest BCUT2D eigenvalue weighted by molar-refractivity contribution is 6.35. The Bertz CT molecular complexity index is 745. The summed E-state index contributed by atoms with van der Waals surface area (Å²) in [5.41, 5.74) is 1.73. The molecule has 0 bridgehead atoms. The average Bonchev–Trinajstić information content (AvgIpc) is 2.44. The first kappa shape index (κ1) is 14.6. The highest BCUT2D eigenvalue weighted by Crippen LogP contribution is 2.30. The van der Waals surface area contributed by atoms with Gasteiger partial charge in [-0.05, 0) is 31.2 Å². The van der Waals surface area contributed by atoms with Crippen molar-refractivity contribution in [2.45, 2.75) is 19.9 Å². The molecule has 1 aromatic heterocycles. The largest absolute Gasteiger partial charge is 0.308 e. The highest BCUT2D eigenvalue weighted by Gasteiger charge is 2.12. The van der Waals surface area contributed by atoms with Gasteiger partial charge in [-0.1, -0.05) is 29.3 Å². The molecule has 0 aliphatic heterocycles. The molecule has 0 saturated heterocycles. The molecule has 0 atom stereocenters. The lowest BCUT2D eigenvalue weighted by atomic mass is 10.1. The summed E-state index contributed by atoms with van der Waals surface area (Å²) in [6, 6.07) is 10.6. The third kappa shape index (κ3) is 2.72.